The number of benzene rings is 3. The van der Waals surface area contributed by atoms with Crippen LogP contribution in [0.15, 0.2) is 63.8 Å². The third-order valence-corrected chi connectivity index (χ3v) is 5.79. The molecule has 1 aromatic heterocycles. The van der Waals surface area contributed by atoms with Gasteiger partial charge in [0.05, 0.1) is 12.1 Å². The first-order valence-corrected chi connectivity index (χ1v) is 10.3. The zero-order valence-corrected chi connectivity index (χ0v) is 18.2. The van der Waals surface area contributed by atoms with Gasteiger partial charge in [0, 0.05) is 28.6 Å². The Morgan fingerprint density at radius 2 is 1.75 bits per heavy atom. The summed E-state index contributed by atoms with van der Waals surface area (Å²) in [6, 6.07) is 16.3. The molecule has 0 saturated carbocycles. The van der Waals surface area contributed by atoms with Crippen molar-refractivity contribution in [2.75, 3.05) is 13.9 Å². The van der Waals surface area contributed by atoms with Crippen LogP contribution in [0.2, 0.25) is 5.02 Å². The Morgan fingerprint density at radius 1 is 1.00 bits per heavy atom. The Kier molecular flexibility index (Phi) is 5.15. The van der Waals surface area contributed by atoms with E-state index in [1.165, 1.54) is 6.07 Å². The minimum Gasteiger partial charge on any atom is -0.497 e. The molecule has 162 valence electrons. The van der Waals surface area contributed by atoms with Crippen molar-refractivity contribution >= 4 is 22.6 Å². The van der Waals surface area contributed by atoms with Crippen molar-refractivity contribution in [3.63, 3.8) is 0 Å². The summed E-state index contributed by atoms with van der Waals surface area (Å²) in [6.45, 7) is 2.26. The fourth-order valence-corrected chi connectivity index (χ4v) is 3.94. The summed E-state index contributed by atoms with van der Waals surface area (Å²) in [4.78, 5) is 12.3. The van der Waals surface area contributed by atoms with E-state index in [0.29, 0.717) is 27.9 Å². The summed E-state index contributed by atoms with van der Waals surface area (Å²) in [7, 11) is 1.61. The van der Waals surface area contributed by atoms with Crippen LogP contribution >= 0.6 is 11.6 Å². The fraction of sp³-hybridized carbons (Fsp3) is 0.160. The van der Waals surface area contributed by atoms with Crippen molar-refractivity contribution in [2.45, 2.75) is 13.5 Å². The van der Waals surface area contributed by atoms with Gasteiger partial charge in [-0.1, -0.05) is 23.7 Å². The SMILES string of the molecule is COc1ccc(-c2cc(=O)oc3c(C)c(OCc4cc5c(cc4Cl)OCO5)ccc23)cc1. The highest BCUT2D eigenvalue weighted by molar-refractivity contribution is 6.31. The Morgan fingerprint density at radius 3 is 2.50 bits per heavy atom. The molecule has 0 amide bonds. The molecule has 2 heterocycles. The second-order valence-corrected chi connectivity index (χ2v) is 7.77. The highest BCUT2D eigenvalue weighted by Gasteiger charge is 2.18. The van der Waals surface area contributed by atoms with Crippen LogP contribution in [0.25, 0.3) is 22.1 Å². The third kappa shape index (κ3) is 3.63. The number of aryl methyl sites for hydroxylation is 1. The number of hydrogen-bond acceptors (Lipinski definition) is 6. The van der Waals surface area contributed by atoms with E-state index in [1.807, 2.05) is 49.4 Å². The van der Waals surface area contributed by atoms with Gasteiger partial charge in [-0.15, -0.1) is 0 Å². The topological polar surface area (TPSA) is 67.1 Å². The summed E-state index contributed by atoms with van der Waals surface area (Å²) in [5, 5.41) is 1.35. The quantitative estimate of drug-likeness (QED) is 0.361. The molecular weight excluding hydrogens is 432 g/mol. The molecule has 0 atom stereocenters. The number of fused-ring (bicyclic) bond motifs is 2. The van der Waals surface area contributed by atoms with Crippen LogP contribution < -0.4 is 24.6 Å². The molecule has 1 aliphatic rings. The molecule has 0 bridgehead atoms. The lowest BCUT2D eigenvalue weighted by molar-refractivity contribution is 0.174. The van der Waals surface area contributed by atoms with Crippen LogP contribution in [0, 0.1) is 6.92 Å². The average Bonchev–Trinajstić information content (AvgIpc) is 3.25. The van der Waals surface area contributed by atoms with E-state index in [-0.39, 0.29) is 13.4 Å². The largest absolute Gasteiger partial charge is 0.497 e. The third-order valence-electron chi connectivity index (χ3n) is 5.44. The van der Waals surface area contributed by atoms with Gasteiger partial charge < -0.3 is 23.4 Å². The molecule has 5 rings (SSSR count). The molecule has 0 aliphatic carbocycles. The summed E-state index contributed by atoms with van der Waals surface area (Å²) >= 11 is 6.36. The first kappa shape index (κ1) is 20.3. The van der Waals surface area contributed by atoms with Crippen molar-refractivity contribution in [1.29, 1.82) is 0 Å². The van der Waals surface area contributed by atoms with E-state index in [1.54, 1.807) is 13.2 Å². The second kappa shape index (κ2) is 8.13. The van der Waals surface area contributed by atoms with Gasteiger partial charge in [-0.25, -0.2) is 4.79 Å². The maximum atomic E-state index is 12.3. The second-order valence-electron chi connectivity index (χ2n) is 7.36. The molecular formula is C25H19ClO6. The average molecular weight is 451 g/mol. The molecule has 0 saturated heterocycles. The molecule has 3 aromatic carbocycles. The lowest BCUT2D eigenvalue weighted by atomic mass is 10.00. The highest BCUT2D eigenvalue weighted by Crippen LogP contribution is 2.38. The van der Waals surface area contributed by atoms with Gasteiger partial charge >= 0.3 is 5.63 Å². The fourth-order valence-electron chi connectivity index (χ4n) is 3.73. The predicted molar refractivity (Wildman–Crippen MR) is 121 cm³/mol. The van der Waals surface area contributed by atoms with Gasteiger partial charge in [-0.05, 0) is 48.4 Å². The van der Waals surface area contributed by atoms with Crippen molar-refractivity contribution in [1.82, 2.24) is 0 Å². The van der Waals surface area contributed by atoms with Crippen molar-refractivity contribution < 1.29 is 23.4 Å². The monoisotopic (exact) mass is 450 g/mol. The van der Waals surface area contributed by atoms with Crippen LogP contribution in [-0.4, -0.2) is 13.9 Å². The van der Waals surface area contributed by atoms with E-state index < -0.39 is 5.63 Å². The van der Waals surface area contributed by atoms with Gasteiger partial charge in [-0.3, -0.25) is 0 Å². The maximum absolute atomic E-state index is 12.3. The van der Waals surface area contributed by atoms with Crippen molar-refractivity contribution in [3.05, 3.63) is 81.2 Å². The van der Waals surface area contributed by atoms with E-state index in [2.05, 4.69) is 0 Å². The molecule has 0 fully saturated rings. The number of methoxy groups -OCH3 is 1. The molecule has 6 nitrogen and oxygen atoms in total. The smallest absolute Gasteiger partial charge is 0.336 e. The summed E-state index contributed by atoms with van der Waals surface area (Å²) < 4.78 is 27.6. The van der Waals surface area contributed by atoms with Crippen LogP contribution in [-0.2, 0) is 6.61 Å². The van der Waals surface area contributed by atoms with Crippen LogP contribution in [0.5, 0.6) is 23.0 Å². The number of ether oxygens (including phenoxy) is 4. The van der Waals surface area contributed by atoms with Crippen LogP contribution in [0.1, 0.15) is 11.1 Å². The lowest BCUT2D eigenvalue weighted by Gasteiger charge is -2.13. The molecule has 0 N–H and O–H groups in total. The molecule has 1 aliphatic heterocycles. The standard InChI is InChI=1S/C25H19ClO6/c1-14-21(29-12-16-9-22-23(11-20(16)26)31-13-30-22)8-7-18-19(10-24(27)32-25(14)18)15-3-5-17(28-2)6-4-15/h3-11H,12-13H2,1-2H3. The Balaban J connectivity index is 1.49. The molecule has 0 spiro atoms. The zero-order chi connectivity index (χ0) is 22.2. The summed E-state index contributed by atoms with van der Waals surface area (Å²) in [6.07, 6.45) is 0. The van der Waals surface area contributed by atoms with E-state index >= 15 is 0 Å². The van der Waals surface area contributed by atoms with Crippen molar-refractivity contribution in [3.8, 4) is 34.1 Å². The molecule has 0 unspecified atom stereocenters. The molecule has 4 aromatic rings. The Bertz CT molecular complexity index is 1370. The minimum absolute atomic E-state index is 0.176. The van der Waals surface area contributed by atoms with Gasteiger partial charge in [0.1, 0.15) is 23.7 Å². The van der Waals surface area contributed by atoms with E-state index in [9.17, 15) is 4.79 Å². The van der Waals surface area contributed by atoms with Crippen molar-refractivity contribution in [2.24, 2.45) is 0 Å². The van der Waals surface area contributed by atoms with E-state index in [0.717, 1.165) is 33.4 Å². The number of halogens is 1. The van der Waals surface area contributed by atoms with Gasteiger partial charge in [0.2, 0.25) is 6.79 Å². The minimum atomic E-state index is -0.428. The van der Waals surface area contributed by atoms with Gasteiger partial charge in [-0.2, -0.15) is 0 Å². The first-order valence-electron chi connectivity index (χ1n) is 9.96. The highest BCUT2D eigenvalue weighted by atomic mass is 35.5. The number of rotatable bonds is 5. The lowest BCUT2D eigenvalue weighted by Crippen LogP contribution is -2.02. The maximum Gasteiger partial charge on any atom is 0.336 e. The Labute approximate surface area is 188 Å². The molecule has 0 radical (unpaired) electrons. The predicted octanol–water partition coefficient (Wildman–Crippen LogP) is 5.74. The Hall–Kier alpha value is -3.64. The van der Waals surface area contributed by atoms with Gasteiger partial charge in [0.25, 0.3) is 0 Å². The zero-order valence-electron chi connectivity index (χ0n) is 17.4. The van der Waals surface area contributed by atoms with E-state index in [4.69, 9.17) is 35.0 Å². The normalized spacial score (nSPS) is 12.2. The van der Waals surface area contributed by atoms with Crippen LogP contribution in [0.3, 0.4) is 0 Å². The number of hydrogen-bond donors (Lipinski definition) is 0. The first-order chi connectivity index (χ1) is 15.5. The van der Waals surface area contributed by atoms with Crippen LogP contribution in [0.4, 0.5) is 0 Å². The molecule has 32 heavy (non-hydrogen) atoms. The summed E-state index contributed by atoms with van der Waals surface area (Å²) in [5.74, 6) is 2.60. The van der Waals surface area contributed by atoms with Gasteiger partial charge in [0.15, 0.2) is 11.5 Å². The summed E-state index contributed by atoms with van der Waals surface area (Å²) in [5.41, 5.74) is 3.23. The molecule has 7 heteroatoms.